The third kappa shape index (κ3) is 2.89. The molecule has 3 rings (SSSR count). The first-order chi connectivity index (χ1) is 10.1. The van der Waals surface area contributed by atoms with E-state index in [9.17, 15) is 4.79 Å². The molecule has 0 saturated heterocycles. The largest absolute Gasteiger partial charge is 0.362 e. The van der Waals surface area contributed by atoms with Crippen LogP contribution in [0.2, 0.25) is 0 Å². The van der Waals surface area contributed by atoms with Crippen LogP contribution in [0.5, 0.6) is 0 Å². The first kappa shape index (κ1) is 14.4. The highest BCUT2D eigenvalue weighted by Gasteiger charge is 2.32. The highest BCUT2D eigenvalue weighted by molar-refractivity contribution is 5.95. The van der Waals surface area contributed by atoms with Gasteiger partial charge in [-0.05, 0) is 43.6 Å². The number of fused-ring (bicyclic) bond motifs is 1. The van der Waals surface area contributed by atoms with Gasteiger partial charge in [-0.1, -0.05) is 6.92 Å². The topological polar surface area (TPSA) is 36.4 Å². The van der Waals surface area contributed by atoms with Gasteiger partial charge in [-0.3, -0.25) is 4.79 Å². The van der Waals surface area contributed by atoms with Gasteiger partial charge in [0.1, 0.15) is 5.82 Å². The minimum absolute atomic E-state index is 0.284. The Bertz CT molecular complexity index is 537. The van der Waals surface area contributed by atoms with Gasteiger partial charge in [-0.15, -0.1) is 0 Å². The summed E-state index contributed by atoms with van der Waals surface area (Å²) < 4.78 is 0. The van der Waals surface area contributed by atoms with Gasteiger partial charge in [0.2, 0.25) is 5.91 Å². The van der Waals surface area contributed by atoms with E-state index in [-0.39, 0.29) is 5.91 Å². The van der Waals surface area contributed by atoms with Crippen molar-refractivity contribution in [2.45, 2.75) is 39.0 Å². The standard InChI is InChI=1S/C17H25N3O/c1-12(13-6-7-13)11-16(21)20-10-4-5-14-15(20)8-9-18-17(14)19(2)3/h8-9,12-13H,4-7,10-11H2,1-3H3. The maximum Gasteiger partial charge on any atom is 0.227 e. The molecule has 114 valence electrons. The molecule has 1 atom stereocenters. The van der Waals surface area contributed by atoms with Crippen molar-refractivity contribution in [1.82, 2.24) is 4.98 Å². The van der Waals surface area contributed by atoms with Crippen LogP contribution in [-0.4, -0.2) is 31.5 Å². The number of nitrogens with zero attached hydrogens (tertiary/aromatic N) is 3. The molecular weight excluding hydrogens is 262 g/mol. The normalized spacial score (nSPS) is 19.1. The molecule has 4 heteroatoms. The summed E-state index contributed by atoms with van der Waals surface area (Å²) in [6.45, 7) is 3.07. The second kappa shape index (κ2) is 5.66. The molecule has 0 aromatic carbocycles. The van der Waals surface area contributed by atoms with Gasteiger partial charge < -0.3 is 9.80 Å². The van der Waals surface area contributed by atoms with E-state index >= 15 is 0 Å². The van der Waals surface area contributed by atoms with Gasteiger partial charge in [0.25, 0.3) is 0 Å². The smallest absolute Gasteiger partial charge is 0.227 e. The van der Waals surface area contributed by atoms with Gasteiger partial charge in [0, 0.05) is 38.8 Å². The van der Waals surface area contributed by atoms with Gasteiger partial charge in [-0.25, -0.2) is 4.98 Å². The highest BCUT2D eigenvalue weighted by Crippen LogP contribution is 2.39. The van der Waals surface area contributed by atoms with E-state index in [1.54, 1.807) is 0 Å². The molecule has 4 nitrogen and oxygen atoms in total. The Kier molecular flexibility index (Phi) is 3.87. The molecule has 2 heterocycles. The number of carbonyl (C=O) groups is 1. The number of anilines is 2. The minimum Gasteiger partial charge on any atom is -0.362 e. The quantitative estimate of drug-likeness (QED) is 0.854. The number of hydrogen-bond acceptors (Lipinski definition) is 3. The zero-order chi connectivity index (χ0) is 15.0. The third-order valence-corrected chi connectivity index (χ3v) is 4.76. The molecule has 0 radical (unpaired) electrons. The van der Waals surface area contributed by atoms with Gasteiger partial charge >= 0.3 is 0 Å². The summed E-state index contributed by atoms with van der Waals surface area (Å²) >= 11 is 0. The summed E-state index contributed by atoms with van der Waals surface area (Å²) in [7, 11) is 4.02. The molecule has 1 aliphatic heterocycles. The van der Waals surface area contributed by atoms with E-state index in [4.69, 9.17) is 0 Å². The molecule has 1 amide bonds. The molecule has 1 saturated carbocycles. The second-order valence-electron chi connectivity index (χ2n) is 6.69. The average Bonchev–Trinajstić information content (AvgIpc) is 3.30. The maximum absolute atomic E-state index is 12.7. The molecule has 0 N–H and O–H groups in total. The Morgan fingerprint density at radius 3 is 2.90 bits per heavy atom. The van der Waals surface area contributed by atoms with Gasteiger partial charge in [-0.2, -0.15) is 0 Å². The molecule has 1 aromatic heterocycles. The number of carbonyl (C=O) groups excluding carboxylic acids is 1. The van der Waals surface area contributed by atoms with Crippen LogP contribution in [0.15, 0.2) is 12.3 Å². The number of amides is 1. The Morgan fingerprint density at radius 2 is 2.24 bits per heavy atom. The van der Waals surface area contributed by atoms with Crippen LogP contribution in [0.25, 0.3) is 0 Å². The lowest BCUT2D eigenvalue weighted by atomic mass is 9.98. The third-order valence-electron chi connectivity index (χ3n) is 4.76. The summed E-state index contributed by atoms with van der Waals surface area (Å²) in [4.78, 5) is 21.2. The molecule has 1 fully saturated rings. The number of rotatable bonds is 4. The van der Waals surface area contributed by atoms with Crippen molar-refractivity contribution in [1.29, 1.82) is 0 Å². The highest BCUT2D eigenvalue weighted by atomic mass is 16.2. The van der Waals surface area contributed by atoms with Crippen LogP contribution in [0.4, 0.5) is 11.5 Å². The van der Waals surface area contributed by atoms with Crippen molar-refractivity contribution in [3.8, 4) is 0 Å². The molecule has 1 unspecified atom stereocenters. The molecule has 21 heavy (non-hydrogen) atoms. The van der Waals surface area contributed by atoms with Crippen LogP contribution in [0.1, 0.15) is 38.2 Å². The Balaban J connectivity index is 1.82. The SMILES string of the molecule is CC(CC(=O)N1CCCc2c1ccnc2N(C)C)C1CC1. The van der Waals surface area contributed by atoms with Crippen LogP contribution >= 0.6 is 0 Å². The molecule has 1 aromatic rings. The fourth-order valence-electron chi connectivity index (χ4n) is 3.36. The monoisotopic (exact) mass is 287 g/mol. The summed E-state index contributed by atoms with van der Waals surface area (Å²) in [6.07, 6.45) is 7.16. The predicted molar refractivity (Wildman–Crippen MR) is 85.7 cm³/mol. The average molecular weight is 287 g/mol. The van der Waals surface area contributed by atoms with Gasteiger partial charge in [0.15, 0.2) is 0 Å². The number of pyridine rings is 1. The molecule has 0 bridgehead atoms. The zero-order valence-electron chi connectivity index (χ0n) is 13.3. The van der Waals surface area contributed by atoms with Crippen LogP contribution < -0.4 is 9.80 Å². The summed E-state index contributed by atoms with van der Waals surface area (Å²) in [5.74, 6) is 2.59. The van der Waals surface area contributed by atoms with E-state index in [1.165, 1.54) is 18.4 Å². The lowest BCUT2D eigenvalue weighted by Gasteiger charge is -2.32. The van der Waals surface area contributed by atoms with Crippen molar-refractivity contribution in [3.05, 3.63) is 17.8 Å². The summed E-state index contributed by atoms with van der Waals surface area (Å²) in [5, 5.41) is 0. The fraction of sp³-hybridized carbons (Fsp3) is 0.647. The fourth-order valence-corrected chi connectivity index (χ4v) is 3.36. The van der Waals surface area contributed by atoms with Gasteiger partial charge in [0.05, 0.1) is 5.69 Å². The van der Waals surface area contributed by atoms with Crippen molar-refractivity contribution in [3.63, 3.8) is 0 Å². The lowest BCUT2D eigenvalue weighted by molar-refractivity contribution is -0.119. The van der Waals surface area contributed by atoms with Crippen molar-refractivity contribution < 1.29 is 4.79 Å². The summed E-state index contributed by atoms with van der Waals surface area (Å²) in [5.41, 5.74) is 2.30. The molecule has 1 aliphatic carbocycles. The second-order valence-corrected chi connectivity index (χ2v) is 6.69. The first-order valence-corrected chi connectivity index (χ1v) is 8.03. The predicted octanol–water partition coefficient (Wildman–Crippen LogP) is 2.86. The first-order valence-electron chi connectivity index (χ1n) is 8.03. The Hall–Kier alpha value is -1.58. The van der Waals surface area contributed by atoms with Crippen LogP contribution in [0, 0.1) is 11.8 Å². The van der Waals surface area contributed by atoms with E-state index < -0.39 is 0 Å². The van der Waals surface area contributed by atoms with Crippen molar-refractivity contribution in [2.75, 3.05) is 30.4 Å². The summed E-state index contributed by atoms with van der Waals surface area (Å²) in [6, 6.07) is 2.00. The zero-order valence-corrected chi connectivity index (χ0v) is 13.3. The minimum atomic E-state index is 0.284. The van der Waals surface area contributed by atoms with E-state index in [1.807, 2.05) is 36.2 Å². The molecule has 0 spiro atoms. The Morgan fingerprint density at radius 1 is 1.48 bits per heavy atom. The van der Waals surface area contributed by atoms with Crippen molar-refractivity contribution in [2.24, 2.45) is 11.8 Å². The Labute approximate surface area is 127 Å². The van der Waals surface area contributed by atoms with E-state index in [2.05, 4.69) is 11.9 Å². The number of aromatic nitrogens is 1. The van der Waals surface area contributed by atoms with Crippen LogP contribution in [0.3, 0.4) is 0 Å². The van der Waals surface area contributed by atoms with E-state index in [0.29, 0.717) is 12.3 Å². The molecular formula is C17H25N3O. The lowest BCUT2D eigenvalue weighted by Crippen LogP contribution is -2.37. The molecule has 2 aliphatic rings. The van der Waals surface area contributed by atoms with Crippen LogP contribution in [-0.2, 0) is 11.2 Å². The number of hydrogen-bond donors (Lipinski definition) is 0. The maximum atomic E-state index is 12.7. The van der Waals surface area contributed by atoms with Crippen molar-refractivity contribution >= 4 is 17.4 Å². The van der Waals surface area contributed by atoms with E-state index in [0.717, 1.165) is 36.8 Å².